The molecule has 0 aliphatic carbocycles. The SMILES string of the molecule is Cc1cc(N)ccc1S(=O)Cc1c(Cl)c(C)nn1C. The molecule has 1 aromatic heterocycles. The molecular formula is C13H16ClN3OS. The summed E-state index contributed by atoms with van der Waals surface area (Å²) in [6.07, 6.45) is 0. The molecule has 4 nitrogen and oxygen atoms in total. The van der Waals surface area contributed by atoms with Crippen LogP contribution in [0.15, 0.2) is 23.1 Å². The van der Waals surface area contributed by atoms with Crippen LogP contribution in [0.2, 0.25) is 5.02 Å². The molecule has 1 unspecified atom stereocenters. The van der Waals surface area contributed by atoms with Gasteiger partial charge in [0.1, 0.15) is 0 Å². The molecule has 2 N–H and O–H groups in total. The molecule has 0 fully saturated rings. The minimum atomic E-state index is -1.16. The van der Waals surface area contributed by atoms with E-state index in [0.717, 1.165) is 21.8 Å². The van der Waals surface area contributed by atoms with E-state index in [-0.39, 0.29) is 0 Å². The van der Waals surface area contributed by atoms with Crippen molar-refractivity contribution < 1.29 is 4.21 Å². The molecule has 0 amide bonds. The molecule has 2 aromatic rings. The fraction of sp³-hybridized carbons (Fsp3) is 0.308. The van der Waals surface area contributed by atoms with Crippen LogP contribution in [0.3, 0.4) is 0 Å². The lowest BCUT2D eigenvalue weighted by molar-refractivity contribution is 0.675. The Kier molecular flexibility index (Phi) is 3.96. The van der Waals surface area contributed by atoms with Gasteiger partial charge < -0.3 is 5.73 Å². The van der Waals surface area contributed by atoms with Gasteiger partial charge in [-0.1, -0.05) is 11.6 Å². The molecule has 0 radical (unpaired) electrons. The summed E-state index contributed by atoms with van der Waals surface area (Å²) in [5.74, 6) is 0.348. The Morgan fingerprint density at radius 2 is 2.11 bits per heavy atom. The van der Waals surface area contributed by atoms with Crippen LogP contribution in [0.4, 0.5) is 5.69 Å². The van der Waals surface area contributed by atoms with Crippen molar-refractivity contribution in [2.75, 3.05) is 5.73 Å². The lowest BCUT2D eigenvalue weighted by Gasteiger charge is -2.07. The van der Waals surface area contributed by atoms with Crippen molar-refractivity contribution in [3.8, 4) is 0 Å². The van der Waals surface area contributed by atoms with Gasteiger partial charge in [-0.25, -0.2) is 0 Å². The number of nitrogens with two attached hydrogens (primary N) is 1. The third-order valence-corrected chi connectivity index (χ3v) is 4.95. The van der Waals surface area contributed by atoms with Crippen LogP contribution in [0.5, 0.6) is 0 Å². The second-order valence-electron chi connectivity index (χ2n) is 4.48. The van der Waals surface area contributed by atoms with Crippen LogP contribution in [0, 0.1) is 13.8 Å². The van der Waals surface area contributed by atoms with Crippen LogP contribution in [0.25, 0.3) is 0 Å². The lowest BCUT2D eigenvalue weighted by atomic mass is 10.2. The minimum Gasteiger partial charge on any atom is -0.399 e. The van der Waals surface area contributed by atoms with E-state index in [4.69, 9.17) is 17.3 Å². The van der Waals surface area contributed by atoms with E-state index < -0.39 is 10.8 Å². The Labute approximate surface area is 120 Å². The Bertz CT molecular complexity index is 652. The molecule has 2 rings (SSSR count). The second-order valence-corrected chi connectivity index (χ2v) is 6.28. The zero-order valence-corrected chi connectivity index (χ0v) is 12.7. The van der Waals surface area contributed by atoms with Gasteiger partial charge in [-0.2, -0.15) is 5.10 Å². The van der Waals surface area contributed by atoms with Gasteiger partial charge in [0.25, 0.3) is 0 Å². The molecular weight excluding hydrogens is 282 g/mol. The fourth-order valence-electron chi connectivity index (χ4n) is 1.97. The molecule has 1 aromatic carbocycles. The summed E-state index contributed by atoms with van der Waals surface area (Å²) in [5, 5.41) is 4.81. The van der Waals surface area contributed by atoms with Crippen molar-refractivity contribution in [3.05, 3.63) is 40.2 Å². The molecule has 6 heteroatoms. The topological polar surface area (TPSA) is 60.9 Å². The summed E-state index contributed by atoms with van der Waals surface area (Å²) in [6.45, 7) is 3.74. The number of halogens is 1. The molecule has 0 aliphatic heterocycles. The fourth-order valence-corrected chi connectivity index (χ4v) is 3.65. The number of nitrogen functional groups attached to an aromatic ring is 1. The molecule has 0 bridgehead atoms. The number of rotatable bonds is 3. The quantitative estimate of drug-likeness (QED) is 0.886. The van der Waals surface area contributed by atoms with Crippen molar-refractivity contribution >= 4 is 28.1 Å². The maximum Gasteiger partial charge on any atom is 0.0856 e. The number of anilines is 1. The first kappa shape index (κ1) is 14.1. The molecule has 0 saturated heterocycles. The lowest BCUT2D eigenvalue weighted by Crippen LogP contribution is -2.05. The molecule has 1 atom stereocenters. The molecule has 0 spiro atoms. The monoisotopic (exact) mass is 297 g/mol. The van der Waals surface area contributed by atoms with Crippen LogP contribution in [-0.4, -0.2) is 14.0 Å². The zero-order chi connectivity index (χ0) is 14.2. The predicted octanol–water partition coefficient (Wildman–Crippen LogP) is 2.58. The second kappa shape index (κ2) is 5.35. The summed E-state index contributed by atoms with van der Waals surface area (Å²) in [4.78, 5) is 0.782. The number of aryl methyl sites for hydroxylation is 3. The molecule has 1 heterocycles. The van der Waals surface area contributed by atoms with Gasteiger partial charge in [-0.05, 0) is 37.6 Å². The van der Waals surface area contributed by atoms with Gasteiger partial charge in [-0.3, -0.25) is 8.89 Å². The minimum absolute atomic E-state index is 0.348. The highest BCUT2D eigenvalue weighted by molar-refractivity contribution is 7.84. The van der Waals surface area contributed by atoms with Gasteiger partial charge in [0.15, 0.2) is 0 Å². The van der Waals surface area contributed by atoms with Gasteiger partial charge in [-0.15, -0.1) is 0 Å². The Hall–Kier alpha value is -1.33. The number of hydrogen-bond donors (Lipinski definition) is 1. The number of aromatic nitrogens is 2. The first-order valence-electron chi connectivity index (χ1n) is 5.82. The maximum atomic E-state index is 12.4. The predicted molar refractivity (Wildman–Crippen MR) is 78.7 cm³/mol. The highest BCUT2D eigenvalue weighted by atomic mass is 35.5. The molecule has 0 saturated carbocycles. The molecule has 0 aliphatic rings. The summed E-state index contributed by atoms with van der Waals surface area (Å²) in [5.41, 5.74) is 8.84. The third kappa shape index (κ3) is 2.82. The van der Waals surface area contributed by atoms with Crippen molar-refractivity contribution in [2.45, 2.75) is 24.5 Å². The maximum absolute atomic E-state index is 12.4. The van der Waals surface area contributed by atoms with Crippen molar-refractivity contribution in [1.82, 2.24) is 9.78 Å². The summed E-state index contributed by atoms with van der Waals surface area (Å²) in [7, 11) is 0.645. The van der Waals surface area contributed by atoms with Gasteiger partial charge >= 0.3 is 0 Å². The number of hydrogen-bond acceptors (Lipinski definition) is 3. The van der Waals surface area contributed by atoms with Crippen molar-refractivity contribution in [2.24, 2.45) is 7.05 Å². The first-order valence-corrected chi connectivity index (χ1v) is 7.52. The van der Waals surface area contributed by atoms with Crippen LogP contribution >= 0.6 is 11.6 Å². The Morgan fingerprint density at radius 3 is 2.63 bits per heavy atom. The van der Waals surface area contributed by atoms with E-state index >= 15 is 0 Å². The first-order chi connectivity index (χ1) is 8.90. The average Bonchev–Trinajstić information content (AvgIpc) is 2.56. The normalized spacial score (nSPS) is 12.6. The third-order valence-electron chi connectivity index (χ3n) is 2.97. The van der Waals surface area contributed by atoms with Gasteiger partial charge in [0.05, 0.1) is 33.0 Å². The zero-order valence-electron chi connectivity index (χ0n) is 11.1. The van der Waals surface area contributed by atoms with Crippen molar-refractivity contribution in [1.29, 1.82) is 0 Å². The average molecular weight is 298 g/mol. The largest absolute Gasteiger partial charge is 0.399 e. The number of nitrogens with zero attached hydrogens (tertiary/aromatic N) is 2. The van der Waals surface area contributed by atoms with E-state index in [1.807, 2.05) is 19.9 Å². The Balaban J connectivity index is 2.31. The number of benzene rings is 1. The van der Waals surface area contributed by atoms with E-state index in [1.165, 1.54) is 0 Å². The van der Waals surface area contributed by atoms with Gasteiger partial charge in [0, 0.05) is 17.6 Å². The summed E-state index contributed by atoms with van der Waals surface area (Å²) < 4.78 is 14.1. The molecule has 102 valence electrons. The van der Waals surface area contributed by atoms with Crippen molar-refractivity contribution in [3.63, 3.8) is 0 Å². The van der Waals surface area contributed by atoms with Crippen LogP contribution in [-0.2, 0) is 23.6 Å². The highest BCUT2D eigenvalue weighted by Crippen LogP contribution is 2.24. The van der Waals surface area contributed by atoms with E-state index in [9.17, 15) is 4.21 Å². The van der Waals surface area contributed by atoms with E-state index in [2.05, 4.69) is 5.10 Å². The summed E-state index contributed by atoms with van der Waals surface area (Å²) >= 11 is 6.17. The van der Waals surface area contributed by atoms with E-state index in [1.54, 1.807) is 23.9 Å². The highest BCUT2D eigenvalue weighted by Gasteiger charge is 2.16. The smallest absolute Gasteiger partial charge is 0.0856 e. The van der Waals surface area contributed by atoms with Crippen LogP contribution < -0.4 is 5.73 Å². The van der Waals surface area contributed by atoms with Crippen LogP contribution in [0.1, 0.15) is 17.0 Å². The van der Waals surface area contributed by atoms with Gasteiger partial charge in [0.2, 0.25) is 0 Å². The summed E-state index contributed by atoms with van der Waals surface area (Å²) in [6, 6.07) is 5.39. The Morgan fingerprint density at radius 1 is 1.42 bits per heavy atom. The van der Waals surface area contributed by atoms with E-state index in [0.29, 0.717) is 16.5 Å². The standard InChI is InChI=1S/C13H16ClN3OS/c1-8-6-10(15)4-5-12(8)19(18)7-11-13(14)9(2)16-17(11)3/h4-6H,7,15H2,1-3H3. The molecule has 19 heavy (non-hydrogen) atoms.